The lowest BCUT2D eigenvalue weighted by Crippen LogP contribution is -2.53. The molecule has 0 aromatic carbocycles. The van der Waals surface area contributed by atoms with Crippen molar-refractivity contribution in [1.82, 2.24) is 20.0 Å². The lowest BCUT2D eigenvalue weighted by Gasteiger charge is -2.36. The Morgan fingerprint density at radius 2 is 1.93 bits per heavy atom. The van der Waals surface area contributed by atoms with Crippen LogP contribution in [0.15, 0.2) is 27.8 Å². The number of guanidine groups is 1. The maximum atomic E-state index is 12.4. The monoisotopic (exact) mass is 531 g/mol. The molecule has 1 unspecified atom stereocenters. The summed E-state index contributed by atoms with van der Waals surface area (Å²) in [5, 5.41) is 3.41. The lowest BCUT2D eigenvalue weighted by molar-refractivity contribution is 0.0657. The molecule has 2 saturated heterocycles. The number of furan rings is 1. The number of amides is 1. The van der Waals surface area contributed by atoms with Gasteiger partial charge in [0.1, 0.15) is 0 Å². The van der Waals surface area contributed by atoms with Crippen LogP contribution in [0.4, 0.5) is 0 Å². The van der Waals surface area contributed by atoms with Crippen LogP contribution in [0.3, 0.4) is 0 Å². The zero-order valence-electron chi connectivity index (χ0n) is 18.5. The number of nitrogens with one attached hydrogen (secondary N) is 1. The number of carbonyl (C=O) groups is 1. The Kier molecular flexibility index (Phi) is 11.0. The Morgan fingerprint density at radius 3 is 2.60 bits per heavy atom. The molecule has 1 atom stereocenters. The standard InChI is InChI=1S/C22H37N5O2.HI/c1-3-23-22(24-11-5-7-13-25-12-6-4-9-19(25)2)27-16-14-26(15-17-27)21(28)20-10-8-18-29-20;/h8,10,18-19H,3-7,9,11-17H2,1-2H3,(H,23,24);1H. The van der Waals surface area contributed by atoms with Crippen molar-refractivity contribution in [2.24, 2.45) is 4.99 Å². The highest BCUT2D eigenvalue weighted by Crippen LogP contribution is 2.16. The number of piperidine rings is 1. The molecule has 8 heteroatoms. The van der Waals surface area contributed by atoms with E-state index in [-0.39, 0.29) is 29.9 Å². The summed E-state index contributed by atoms with van der Waals surface area (Å²) in [5.41, 5.74) is 0. The molecule has 7 nitrogen and oxygen atoms in total. The third-order valence-electron chi connectivity index (χ3n) is 5.99. The SMILES string of the molecule is CCNC(=NCCCCN1CCCCC1C)N1CCN(C(=O)c2ccco2)CC1.I. The Balaban J connectivity index is 0.00000320. The molecule has 1 amide bonds. The summed E-state index contributed by atoms with van der Waals surface area (Å²) < 4.78 is 5.24. The largest absolute Gasteiger partial charge is 0.459 e. The molecule has 1 N–H and O–H groups in total. The number of rotatable bonds is 7. The molecule has 3 rings (SSSR count). The summed E-state index contributed by atoms with van der Waals surface area (Å²) >= 11 is 0. The number of unbranched alkanes of at least 4 members (excludes halogenated alkanes) is 1. The quantitative estimate of drug-likeness (QED) is 0.253. The number of hydrogen-bond acceptors (Lipinski definition) is 4. The summed E-state index contributed by atoms with van der Waals surface area (Å²) in [6.07, 6.45) is 7.95. The summed E-state index contributed by atoms with van der Waals surface area (Å²) in [5.74, 6) is 1.37. The van der Waals surface area contributed by atoms with Gasteiger partial charge in [-0.15, -0.1) is 24.0 Å². The normalized spacial score (nSPS) is 20.7. The third kappa shape index (κ3) is 7.14. The third-order valence-corrected chi connectivity index (χ3v) is 5.99. The summed E-state index contributed by atoms with van der Waals surface area (Å²) in [6, 6.07) is 4.22. The van der Waals surface area contributed by atoms with Crippen LogP contribution in [-0.2, 0) is 0 Å². The first-order valence-electron chi connectivity index (χ1n) is 11.3. The van der Waals surface area contributed by atoms with E-state index in [0.717, 1.165) is 44.6 Å². The van der Waals surface area contributed by atoms with Crippen molar-refractivity contribution in [3.05, 3.63) is 24.2 Å². The van der Waals surface area contributed by atoms with E-state index in [1.54, 1.807) is 18.4 Å². The fourth-order valence-electron chi connectivity index (χ4n) is 4.20. The highest BCUT2D eigenvalue weighted by atomic mass is 127. The first-order valence-corrected chi connectivity index (χ1v) is 11.3. The van der Waals surface area contributed by atoms with Gasteiger partial charge in [-0.05, 0) is 64.8 Å². The van der Waals surface area contributed by atoms with Crippen molar-refractivity contribution in [3.63, 3.8) is 0 Å². The maximum absolute atomic E-state index is 12.4. The zero-order valence-corrected chi connectivity index (χ0v) is 20.8. The van der Waals surface area contributed by atoms with Gasteiger partial charge in [0.15, 0.2) is 11.7 Å². The minimum Gasteiger partial charge on any atom is -0.459 e. The van der Waals surface area contributed by atoms with E-state index in [0.29, 0.717) is 18.8 Å². The predicted octanol–water partition coefficient (Wildman–Crippen LogP) is 3.28. The molecule has 0 radical (unpaired) electrons. The van der Waals surface area contributed by atoms with Crippen LogP contribution >= 0.6 is 24.0 Å². The summed E-state index contributed by atoms with van der Waals surface area (Å²) in [4.78, 5) is 24.0. The van der Waals surface area contributed by atoms with E-state index in [1.807, 2.05) is 4.90 Å². The highest BCUT2D eigenvalue weighted by molar-refractivity contribution is 14.0. The minimum absolute atomic E-state index is 0. The second-order valence-corrected chi connectivity index (χ2v) is 8.08. The van der Waals surface area contributed by atoms with Gasteiger partial charge in [-0.25, -0.2) is 0 Å². The van der Waals surface area contributed by atoms with Crippen molar-refractivity contribution in [3.8, 4) is 0 Å². The number of aliphatic imine (C=N–C) groups is 1. The number of halogens is 1. The van der Waals surface area contributed by atoms with Gasteiger partial charge in [-0.2, -0.15) is 0 Å². The average molecular weight is 531 g/mol. The van der Waals surface area contributed by atoms with Crippen molar-refractivity contribution in [2.75, 3.05) is 52.4 Å². The van der Waals surface area contributed by atoms with Crippen molar-refractivity contribution < 1.29 is 9.21 Å². The second kappa shape index (κ2) is 13.2. The average Bonchev–Trinajstić information content (AvgIpc) is 3.28. The molecule has 2 fully saturated rings. The first-order chi connectivity index (χ1) is 14.2. The van der Waals surface area contributed by atoms with Crippen LogP contribution in [0.25, 0.3) is 0 Å². The smallest absolute Gasteiger partial charge is 0.289 e. The Bertz CT molecular complexity index is 644. The minimum atomic E-state index is -0.0245. The molecule has 2 aliphatic rings. The van der Waals surface area contributed by atoms with Crippen LogP contribution < -0.4 is 5.32 Å². The molecule has 30 heavy (non-hydrogen) atoms. The van der Waals surface area contributed by atoms with Crippen LogP contribution in [0.5, 0.6) is 0 Å². The van der Waals surface area contributed by atoms with Crippen molar-refractivity contribution in [1.29, 1.82) is 0 Å². The molecule has 0 bridgehead atoms. The van der Waals surface area contributed by atoms with Crippen molar-refractivity contribution in [2.45, 2.75) is 52.0 Å². The van der Waals surface area contributed by atoms with Gasteiger partial charge in [-0.1, -0.05) is 6.42 Å². The molecule has 0 aliphatic carbocycles. The van der Waals surface area contributed by atoms with Crippen LogP contribution in [0.2, 0.25) is 0 Å². The zero-order chi connectivity index (χ0) is 20.5. The van der Waals surface area contributed by atoms with Gasteiger partial charge in [0.05, 0.1) is 6.26 Å². The molecule has 0 saturated carbocycles. The fourth-order valence-corrected chi connectivity index (χ4v) is 4.20. The van der Waals surface area contributed by atoms with E-state index < -0.39 is 0 Å². The predicted molar refractivity (Wildman–Crippen MR) is 132 cm³/mol. The first kappa shape index (κ1) is 25.0. The van der Waals surface area contributed by atoms with E-state index in [4.69, 9.17) is 9.41 Å². The molecular formula is C22H38IN5O2. The van der Waals surface area contributed by atoms with E-state index in [1.165, 1.54) is 38.8 Å². The van der Waals surface area contributed by atoms with Gasteiger partial charge in [0.2, 0.25) is 0 Å². The molecule has 0 spiro atoms. The molecule has 2 aliphatic heterocycles. The van der Waals surface area contributed by atoms with Gasteiger partial charge >= 0.3 is 0 Å². The Labute approximate surface area is 198 Å². The van der Waals surface area contributed by atoms with Crippen molar-refractivity contribution >= 4 is 35.8 Å². The maximum Gasteiger partial charge on any atom is 0.289 e. The fraction of sp³-hybridized carbons (Fsp3) is 0.727. The Hall–Kier alpha value is -1.29. The molecule has 3 heterocycles. The van der Waals surface area contributed by atoms with Gasteiger partial charge in [0.25, 0.3) is 5.91 Å². The number of piperazine rings is 1. The van der Waals surface area contributed by atoms with Crippen LogP contribution in [-0.4, -0.2) is 85.0 Å². The van der Waals surface area contributed by atoms with Gasteiger partial charge in [-0.3, -0.25) is 9.79 Å². The summed E-state index contributed by atoms with van der Waals surface area (Å²) in [6.45, 7) is 11.6. The van der Waals surface area contributed by atoms with E-state index in [2.05, 4.69) is 29.0 Å². The number of hydrogen-bond donors (Lipinski definition) is 1. The summed E-state index contributed by atoms with van der Waals surface area (Å²) in [7, 11) is 0. The number of likely N-dealkylation sites (tertiary alicyclic amines) is 1. The number of carbonyl (C=O) groups excluding carboxylic acids is 1. The van der Waals surface area contributed by atoms with Gasteiger partial charge < -0.3 is 24.4 Å². The second-order valence-electron chi connectivity index (χ2n) is 8.08. The molecular weight excluding hydrogens is 493 g/mol. The number of nitrogens with zero attached hydrogens (tertiary/aromatic N) is 4. The molecule has 170 valence electrons. The van der Waals surface area contributed by atoms with E-state index in [9.17, 15) is 4.79 Å². The molecule has 1 aromatic rings. The van der Waals surface area contributed by atoms with Gasteiger partial charge in [0, 0.05) is 45.3 Å². The highest BCUT2D eigenvalue weighted by Gasteiger charge is 2.25. The van der Waals surface area contributed by atoms with Crippen LogP contribution in [0.1, 0.15) is 56.5 Å². The topological polar surface area (TPSA) is 64.3 Å². The Morgan fingerprint density at radius 1 is 1.17 bits per heavy atom. The lowest BCUT2D eigenvalue weighted by atomic mass is 10.0. The van der Waals surface area contributed by atoms with E-state index >= 15 is 0 Å². The van der Waals surface area contributed by atoms with Crippen LogP contribution in [0, 0.1) is 0 Å². The molecule has 1 aromatic heterocycles.